The Kier molecular flexibility index (Phi) is 5.55. The molecular weight excluding hydrogens is 280 g/mol. The van der Waals surface area contributed by atoms with Gasteiger partial charge in [0.1, 0.15) is 0 Å². The van der Waals surface area contributed by atoms with Crippen molar-refractivity contribution in [3.05, 3.63) is 29.8 Å². The van der Waals surface area contributed by atoms with Gasteiger partial charge < -0.3 is 15.3 Å². The van der Waals surface area contributed by atoms with Crippen molar-refractivity contribution >= 4 is 17.5 Å². The van der Waals surface area contributed by atoms with Crippen LogP contribution in [0.4, 0.5) is 5.69 Å². The Morgan fingerprint density at radius 1 is 1.41 bits per heavy atom. The van der Waals surface area contributed by atoms with E-state index in [0.29, 0.717) is 13.0 Å². The number of nitrogens with one attached hydrogen (secondary N) is 1. The van der Waals surface area contributed by atoms with Gasteiger partial charge in [-0.3, -0.25) is 9.59 Å². The van der Waals surface area contributed by atoms with E-state index in [1.165, 1.54) is 0 Å². The zero-order valence-electron chi connectivity index (χ0n) is 13.2. The molecule has 1 aliphatic rings. The monoisotopic (exact) mass is 304 g/mol. The van der Waals surface area contributed by atoms with Gasteiger partial charge in [-0.2, -0.15) is 0 Å². The largest absolute Gasteiger partial charge is 0.394 e. The zero-order valence-corrected chi connectivity index (χ0v) is 13.2. The van der Waals surface area contributed by atoms with Crippen molar-refractivity contribution in [2.45, 2.75) is 39.2 Å². The van der Waals surface area contributed by atoms with Crippen molar-refractivity contribution < 1.29 is 14.7 Å². The van der Waals surface area contributed by atoms with Gasteiger partial charge in [0, 0.05) is 18.7 Å². The first kappa shape index (κ1) is 16.5. The lowest BCUT2D eigenvalue weighted by Crippen LogP contribution is -2.41. The lowest BCUT2D eigenvalue weighted by atomic mass is 10.1. The minimum absolute atomic E-state index is 0.0157. The Morgan fingerprint density at radius 3 is 2.77 bits per heavy atom. The number of carbonyl (C=O) groups is 2. The fraction of sp³-hybridized carbons (Fsp3) is 0.529. The van der Waals surface area contributed by atoms with E-state index in [-0.39, 0.29) is 36.8 Å². The molecule has 120 valence electrons. The second kappa shape index (κ2) is 7.40. The van der Waals surface area contributed by atoms with Crippen molar-refractivity contribution in [1.82, 2.24) is 5.32 Å². The summed E-state index contributed by atoms with van der Waals surface area (Å²) >= 11 is 0. The molecule has 1 unspecified atom stereocenters. The van der Waals surface area contributed by atoms with Gasteiger partial charge in [-0.15, -0.1) is 0 Å². The molecule has 1 aliphatic heterocycles. The number of carbonyl (C=O) groups excluding carboxylic acids is 2. The number of aliphatic hydroxyl groups is 1. The number of nitrogens with zero attached hydrogens (tertiary/aromatic N) is 1. The van der Waals surface area contributed by atoms with Crippen LogP contribution in [0.25, 0.3) is 0 Å². The maximum Gasteiger partial charge on any atom is 0.227 e. The number of rotatable bonds is 6. The summed E-state index contributed by atoms with van der Waals surface area (Å²) in [5.41, 5.74) is 2.01. The average molecular weight is 304 g/mol. The molecule has 1 heterocycles. The van der Waals surface area contributed by atoms with E-state index in [2.05, 4.69) is 12.2 Å². The third kappa shape index (κ3) is 3.47. The van der Waals surface area contributed by atoms with Crippen LogP contribution in [0, 0.1) is 5.92 Å². The first-order valence-electron chi connectivity index (χ1n) is 7.90. The fourth-order valence-corrected chi connectivity index (χ4v) is 2.78. The lowest BCUT2D eigenvalue weighted by Gasteiger charge is -2.20. The highest BCUT2D eigenvalue weighted by Crippen LogP contribution is 2.28. The van der Waals surface area contributed by atoms with E-state index < -0.39 is 0 Å². The summed E-state index contributed by atoms with van der Waals surface area (Å²) in [5.74, 6) is -0.512. The molecule has 0 aromatic heterocycles. The summed E-state index contributed by atoms with van der Waals surface area (Å²) in [6.45, 7) is 4.29. The van der Waals surface area contributed by atoms with Crippen LogP contribution in [0.3, 0.4) is 0 Å². The van der Waals surface area contributed by atoms with Crippen molar-refractivity contribution in [3.8, 4) is 0 Å². The molecule has 1 fully saturated rings. The summed E-state index contributed by atoms with van der Waals surface area (Å²) in [5, 5.41) is 12.0. The third-order valence-corrected chi connectivity index (χ3v) is 4.22. The number of hydrogen-bond donors (Lipinski definition) is 2. The lowest BCUT2D eigenvalue weighted by molar-refractivity contribution is -0.127. The van der Waals surface area contributed by atoms with Crippen LogP contribution < -0.4 is 10.2 Å². The summed E-state index contributed by atoms with van der Waals surface area (Å²) in [4.78, 5) is 26.2. The molecular formula is C17H24N2O3. The van der Waals surface area contributed by atoms with Crippen LogP contribution in [0.5, 0.6) is 0 Å². The SMILES string of the molecule is CCc1ccccc1N1CC(C(=O)N[C@H](CC)CO)CC1=O. The molecule has 2 atom stereocenters. The van der Waals surface area contributed by atoms with Crippen LogP contribution in [0.15, 0.2) is 24.3 Å². The maximum atomic E-state index is 12.3. The van der Waals surface area contributed by atoms with E-state index in [1.807, 2.05) is 31.2 Å². The molecule has 0 bridgehead atoms. The van der Waals surface area contributed by atoms with Gasteiger partial charge >= 0.3 is 0 Å². The van der Waals surface area contributed by atoms with Crippen molar-refractivity contribution in [2.24, 2.45) is 5.92 Å². The number of aliphatic hydroxyl groups excluding tert-OH is 1. The number of anilines is 1. The molecule has 0 aliphatic carbocycles. The molecule has 2 amide bonds. The number of hydrogen-bond acceptors (Lipinski definition) is 3. The van der Waals surface area contributed by atoms with Crippen molar-refractivity contribution in [3.63, 3.8) is 0 Å². The Morgan fingerprint density at radius 2 is 2.14 bits per heavy atom. The Bertz CT molecular complexity index is 540. The maximum absolute atomic E-state index is 12.3. The Hall–Kier alpha value is -1.88. The smallest absolute Gasteiger partial charge is 0.227 e. The predicted octanol–water partition coefficient (Wildman–Crippen LogP) is 1.49. The van der Waals surface area contributed by atoms with E-state index >= 15 is 0 Å². The molecule has 0 radical (unpaired) electrons. The molecule has 5 heteroatoms. The van der Waals surface area contributed by atoms with E-state index in [4.69, 9.17) is 0 Å². The van der Waals surface area contributed by atoms with Gasteiger partial charge in [0.15, 0.2) is 0 Å². The average Bonchev–Trinajstić information content (AvgIpc) is 2.94. The fourth-order valence-electron chi connectivity index (χ4n) is 2.78. The number of amides is 2. The van der Waals surface area contributed by atoms with Crippen LogP contribution in [-0.4, -0.2) is 36.1 Å². The molecule has 2 rings (SSSR count). The van der Waals surface area contributed by atoms with Gasteiger partial charge in [0.25, 0.3) is 0 Å². The van der Waals surface area contributed by atoms with Gasteiger partial charge in [-0.05, 0) is 24.5 Å². The molecule has 2 N–H and O–H groups in total. The first-order chi connectivity index (χ1) is 10.6. The second-order valence-electron chi connectivity index (χ2n) is 5.68. The number of para-hydroxylation sites is 1. The third-order valence-electron chi connectivity index (χ3n) is 4.22. The number of aryl methyl sites for hydroxylation is 1. The zero-order chi connectivity index (χ0) is 16.1. The van der Waals surface area contributed by atoms with Crippen LogP contribution in [-0.2, 0) is 16.0 Å². The summed E-state index contributed by atoms with van der Waals surface area (Å²) in [7, 11) is 0. The van der Waals surface area contributed by atoms with E-state index in [1.54, 1.807) is 4.90 Å². The topological polar surface area (TPSA) is 69.6 Å². The quantitative estimate of drug-likeness (QED) is 0.836. The molecule has 0 saturated carbocycles. The summed E-state index contributed by atoms with van der Waals surface area (Å²) in [6, 6.07) is 7.57. The van der Waals surface area contributed by atoms with Crippen LogP contribution >= 0.6 is 0 Å². The van der Waals surface area contributed by atoms with Crippen LogP contribution in [0.1, 0.15) is 32.3 Å². The molecule has 0 spiro atoms. The minimum atomic E-state index is -0.349. The van der Waals surface area contributed by atoms with Gasteiger partial charge in [-0.25, -0.2) is 0 Å². The molecule has 5 nitrogen and oxygen atoms in total. The van der Waals surface area contributed by atoms with Gasteiger partial charge in [0.05, 0.1) is 18.6 Å². The first-order valence-corrected chi connectivity index (χ1v) is 7.90. The normalized spacial score (nSPS) is 19.3. The molecule has 1 saturated heterocycles. The highest BCUT2D eigenvalue weighted by atomic mass is 16.3. The van der Waals surface area contributed by atoms with E-state index in [0.717, 1.165) is 17.7 Å². The molecule has 1 aromatic carbocycles. The standard InChI is InChI=1S/C17H24N2O3/c1-3-12-7-5-6-8-15(12)19-10-13(9-16(19)21)17(22)18-14(4-2)11-20/h5-8,13-14,20H,3-4,9-11H2,1-2H3,(H,18,22)/t13?,14-/m1/s1. The minimum Gasteiger partial charge on any atom is -0.394 e. The molecule has 1 aromatic rings. The predicted molar refractivity (Wildman–Crippen MR) is 85.6 cm³/mol. The van der Waals surface area contributed by atoms with E-state index in [9.17, 15) is 14.7 Å². The van der Waals surface area contributed by atoms with Gasteiger partial charge in [0.2, 0.25) is 11.8 Å². The Labute approximate surface area is 131 Å². The second-order valence-corrected chi connectivity index (χ2v) is 5.68. The van der Waals surface area contributed by atoms with Crippen molar-refractivity contribution in [2.75, 3.05) is 18.1 Å². The number of benzene rings is 1. The highest BCUT2D eigenvalue weighted by molar-refractivity contribution is 6.00. The van der Waals surface area contributed by atoms with Crippen LogP contribution in [0.2, 0.25) is 0 Å². The molecule has 22 heavy (non-hydrogen) atoms. The van der Waals surface area contributed by atoms with Crippen molar-refractivity contribution in [1.29, 1.82) is 0 Å². The Balaban J connectivity index is 2.09. The summed E-state index contributed by atoms with van der Waals surface area (Å²) < 4.78 is 0. The highest BCUT2D eigenvalue weighted by Gasteiger charge is 2.36. The van der Waals surface area contributed by atoms with Gasteiger partial charge in [-0.1, -0.05) is 32.0 Å². The summed E-state index contributed by atoms with van der Waals surface area (Å²) in [6.07, 6.45) is 1.75.